The Labute approximate surface area is 171 Å². The van der Waals surface area contributed by atoms with E-state index in [1.165, 1.54) is 0 Å². The fourth-order valence-corrected chi connectivity index (χ4v) is 3.01. The van der Waals surface area contributed by atoms with Crippen LogP contribution < -0.4 is 5.56 Å². The van der Waals surface area contributed by atoms with Crippen LogP contribution in [0.1, 0.15) is 34.7 Å². The van der Waals surface area contributed by atoms with Crippen LogP contribution in [0.15, 0.2) is 33.5 Å². The molecule has 1 aromatic carbocycles. The van der Waals surface area contributed by atoms with Gasteiger partial charge in [0.15, 0.2) is 6.61 Å². The van der Waals surface area contributed by atoms with E-state index < -0.39 is 11.5 Å². The number of halogens is 1. The number of nitrogens with one attached hydrogen (secondary N) is 1. The van der Waals surface area contributed by atoms with E-state index >= 15 is 0 Å². The van der Waals surface area contributed by atoms with Crippen LogP contribution in [-0.2, 0) is 22.6 Å². The standard InChI is InChI=1S/C20H17ClN4O4/c1-11-15(12(2)23-19(27)16(11)9-22)7-8-18(26)28-10-17-24-25-20(29-17)13-3-5-14(21)6-4-13/h3-6H,7-8,10H2,1-2H3,(H,23,27). The average molecular weight is 413 g/mol. The van der Waals surface area contributed by atoms with E-state index in [1.54, 1.807) is 38.1 Å². The van der Waals surface area contributed by atoms with Crippen LogP contribution in [0.25, 0.3) is 11.5 Å². The van der Waals surface area contributed by atoms with Gasteiger partial charge in [-0.25, -0.2) is 0 Å². The van der Waals surface area contributed by atoms with Crippen molar-refractivity contribution in [2.45, 2.75) is 33.3 Å². The maximum absolute atomic E-state index is 12.1. The summed E-state index contributed by atoms with van der Waals surface area (Å²) >= 11 is 5.85. The summed E-state index contributed by atoms with van der Waals surface area (Å²) in [6.45, 7) is 3.28. The smallest absolute Gasteiger partial charge is 0.306 e. The molecule has 0 aliphatic rings. The van der Waals surface area contributed by atoms with Gasteiger partial charge in [0, 0.05) is 22.7 Å². The maximum atomic E-state index is 12.1. The highest BCUT2D eigenvalue weighted by Gasteiger charge is 2.15. The highest BCUT2D eigenvalue weighted by molar-refractivity contribution is 6.30. The molecule has 0 fully saturated rings. The molecule has 8 nitrogen and oxygen atoms in total. The van der Waals surface area contributed by atoms with Crippen LogP contribution in [0.2, 0.25) is 5.02 Å². The van der Waals surface area contributed by atoms with E-state index in [0.717, 1.165) is 5.56 Å². The van der Waals surface area contributed by atoms with E-state index in [0.29, 0.717) is 34.2 Å². The third-order valence-corrected chi connectivity index (χ3v) is 4.67. The van der Waals surface area contributed by atoms with Gasteiger partial charge in [0.1, 0.15) is 11.6 Å². The minimum absolute atomic E-state index is 0.0551. The molecule has 0 saturated carbocycles. The molecule has 148 valence electrons. The fraction of sp³-hybridized carbons (Fsp3) is 0.250. The van der Waals surface area contributed by atoms with E-state index in [9.17, 15) is 9.59 Å². The summed E-state index contributed by atoms with van der Waals surface area (Å²) in [5.41, 5.74) is 2.29. The second-order valence-corrected chi connectivity index (χ2v) is 6.77. The number of hydrogen-bond donors (Lipinski definition) is 1. The van der Waals surface area contributed by atoms with E-state index in [1.807, 2.05) is 6.07 Å². The van der Waals surface area contributed by atoms with Crippen LogP contribution in [-0.4, -0.2) is 21.2 Å². The molecule has 2 aromatic heterocycles. The molecule has 0 atom stereocenters. The molecular formula is C20H17ClN4O4. The number of aromatic amines is 1. The number of esters is 1. The molecule has 2 heterocycles. The third kappa shape index (κ3) is 4.70. The van der Waals surface area contributed by atoms with Gasteiger partial charge in [-0.2, -0.15) is 5.26 Å². The van der Waals surface area contributed by atoms with Crippen molar-refractivity contribution in [2.75, 3.05) is 0 Å². The zero-order chi connectivity index (χ0) is 21.0. The van der Waals surface area contributed by atoms with Crippen LogP contribution >= 0.6 is 11.6 Å². The van der Waals surface area contributed by atoms with E-state index in [-0.39, 0.29) is 24.5 Å². The number of H-pyrrole nitrogens is 1. The highest BCUT2D eigenvalue weighted by Crippen LogP contribution is 2.20. The molecule has 0 aliphatic carbocycles. The Hall–Kier alpha value is -3.44. The predicted molar refractivity (Wildman–Crippen MR) is 104 cm³/mol. The van der Waals surface area contributed by atoms with Crippen molar-refractivity contribution in [1.82, 2.24) is 15.2 Å². The number of aromatic nitrogens is 3. The Morgan fingerprint density at radius 2 is 2.00 bits per heavy atom. The van der Waals surface area contributed by atoms with Gasteiger partial charge in [0.05, 0.1) is 0 Å². The van der Waals surface area contributed by atoms with Crippen molar-refractivity contribution in [2.24, 2.45) is 0 Å². The molecular weight excluding hydrogens is 396 g/mol. The molecule has 29 heavy (non-hydrogen) atoms. The van der Waals surface area contributed by atoms with Gasteiger partial charge in [-0.05, 0) is 55.7 Å². The number of benzene rings is 1. The largest absolute Gasteiger partial charge is 0.456 e. The van der Waals surface area contributed by atoms with Crippen molar-refractivity contribution >= 4 is 17.6 Å². The number of aryl methyl sites for hydroxylation is 1. The van der Waals surface area contributed by atoms with Gasteiger partial charge >= 0.3 is 5.97 Å². The molecule has 3 aromatic rings. The lowest BCUT2D eigenvalue weighted by Gasteiger charge is -2.10. The maximum Gasteiger partial charge on any atom is 0.306 e. The summed E-state index contributed by atoms with van der Waals surface area (Å²) in [5.74, 6) is 0.0162. The summed E-state index contributed by atoms with van der Waals surface area (Å²) in [5, 5.41) is 17.5. The molecule has 9 heteroatoms. The van der Waals surface area contributed by atoms with Crippen molar-refractivity contribution in [3.05, 3.63) is 67.9 Å². The quantitative estimate of drug-likeness (QED) is 0.616. The van der Waals surface area contributed by atoms with E-state index in [2.05, 4.69) is 15.2 Å². The Morgan fingerprint density at radius 1 is 1.28 bits per heavy atom. The number of ether oxygens (including phenoxy) is 1. The van der Waals surface area contributed by atoms with Crippen LogP contribution in [0.3, 0.4) is 0 Å². The number of nitriles is 1. The van der Waals surface area contributed by atoms with Crippen molar-refractivity contribution in [1.29, 1.82) is 5.26 Å². The Bertz CT molecular complexity index is 1140. The first-order valence-electron chi connectivity index (χ1n) is 8.75. The molecule has 0 unspecified atom stereocenters. The average Bonchev–Trinajstić information content (AvgIpc) is 3.16. The first-order valence-corrected chi connectivity index (χ1v) is 9.13. The third-order valence-electron chi connectivity index (χ3n) is 4.41. The Morgan fingerprint density at radius 3 is 2.69 bits per heavy atom. The summed E-state index contributed by atoms with van der Waals surface area (Å²) in [6, 6.07) is 8.80. The minimum Gasteiger partial charge on any atom is -0.456 e. The van der Waals surface area contributed by atoms with Gasteiger partial charge in [0.25, 0.3) is 11.4 Å². The predicted octanol–water partition coefficient (Wildman–Crippen LogP) is 3.24. The van der Waals surface area contributed by atoms with Crippen molar-refractivity contribution < 1.29 is 13.9 Å². The summed E-state index contributed by atoms with van der Waals surface area (Å²) in [4.78, 5) is 26.5. The minimum atomic E-state index is -0.459. The monoisotopic (exact) mass is 412 g/mol. The molecule has 0 spiro atoms. The number of carbonyl (C=O) groups excluding carboxylic acids is 1. The molecule has 0 aliphatic heterocycles. The molecule has 0 amide bonds. The second kappa shape index (κ2) is 8.71. The first kappa shape index (κ1) is 20.3. The molecule has 1 N–H and O–H groups in total. The zero-order valence-corrected chi connectivity index (χ0v) is 16.5. The first-order chi connectivity index (χ1) is 13.9. The Balaban J connectivity index is 1.58. The lowest BCUT2D eigenvalue weighted by atomic mass is 9.99. The molecule has 0 saturated heterocycles. The summed E-state index contributed by atoms with van der Waals surface area (Å²) in [7, 11) is 0. The van der Waals surface area contributed by atoms with Gasteiger partial charge < -0.3 is 14.1 Å². The number of rotatable bonds is 6. The molecule has 0 bridgehead atoms. The van der Waals surface area contributed by atoms with Gasteiger partial charge in [-0.3, -0.25) is 9.59 Å². The number of carbonyl (C=O) groups is 1. The Kier molecular flexibility index (Phi) is 6.10. The normalized spacial score (nSPS) is 10.6. The number of hydrogen-bond acceptors (Lipinski definition) is 7. The van der Waals surface area contributed by atoms with Crippen LogP contribution in [0.5, 0.6) is 0 Å². The number of pyridine rings is 1. The summed E-state index contributed by atoms with van der Waals surface area (Å²) in [6.07, 6.45) is 0.415. The fourth-order valence-electron chi connectivity index (χ4n) is 2.88. The lowest BCUT2D eigenvalue weighted by Crippen LogP contribution is -2.17. The van der Waals surface area contributed by atoms with Crippen LogP contribution in [0.4, 0.5) is 0 Å². The van der Waals surface area contributed by atoms with Gasteiger partial charge in [-0.1, -0.05) is 11.6 Å². The highest BCUT2D eigenvalue weighted by atomic mass is 35.5. The molecule has 3 rings (SSSR count). The van der Waals surface area contributed by atoms with Crippen molar-refractivity contribution in [3.8, 4) is 17.5 Å². The lowest BCUT2D eigenvalue weighted by molar-refractivity contribution is -0.145. The second-order valence-electron chi connectivity index (χ2n) is 6.34. The topological polar surface area (TPSA) is 122 Å². The van der Waals surface area contributed by atoms with E-state index in [4.69, 9.17) is 26.0 Å². The van der Waals surface area contributed by atoms with Gasteiger partial charge in [0.2, 0.25) is 5.89 Å². The molecule has 0 radical (unpaired) electrons. The zero-order valence-electron chi connectivity index (χ0n) is 15.8. The number of nitrogens with zero attached hydrogens (tertiary/aromatic N) is 3. The SMILES string of the molecule is Cc1[nH]c(=O)c(C#N)c(C)c1CCC(=O)OCc1nnc(-c2ccc(Cl)cc2)o1. The summed E-state index contributed by atoms with van der Waals surface area (Å²) < 4.78 is 10.7. The van der Waals surface area contributed by atoms with Gasteiger partial charge in [-0.15, -0.1) is 10.2 Å². The van der Waals surface area contributed by atoms with Crippen LogP contribution in [0, 0.1) is 25.2 Å². The van der Waals surface area contributed by atoms with Crippen molar-refractivity contribution in [3.63, 3.8) is 0 Å².